The van der Waals surface area contributed by atoms with Crippen LogP contribution in [0.3, 0.4) is 0 Å². The summed E-state index contributed by atoms with van der Waals surface area (Å²) in [6, 6.07) is 16.7. The molecule has 0 aliphatic carbocycles. The molecule has 1 aromatic heterocycles. The number of hydrazone groups is 1. The van der Waals surface area contributed by atoms with Crippen molar-refractivity contribution in [3.05, 3.63) is 82.1 Å². The number of hydrogen-bond donors (Lipinski definition) is 1. The van der Waals surface area contributed by atoms with Crippen molar-refractivity contribution in [3.63, 3.8) is 0 Å². The molecular weight excluding hydrogens is 374 g/mol. The van der Waals surface area contributed by atoms with Crippen molar-refractivity contribution >= 4 is 23.7 Å². The van der Waals surface area contributed by atoms with E-state index in [1.807, 2.05) is 51.1 Å². The third-order valence-electron chi connectivity index (χ3n) is 4.33. The Morgan fingerprint density at radius 3 is 2.61 bits per heavy atom. The molecule has 3 rings (SSSR count). The first-order valence-electron chi connectivity index (χ1n) is 9.00. The van der Waals surface area contributed by atoms with Crippen LogP contribution < -0.4 is 10.2 Å². The Morgan fingerprint density at radius 1 is 1.18 bits per heavy atom. The Labute approximate surface area is 169 Å². The number of nitrogens with one attached hydrogen (secondary N) is 1. The number of halogens is 1. The summed E-state index contributed by atoms with van der Waals surface area (Å²) in [6.45, 7) is 6.66. The highest BCUT2D eigenvalue weighted by Gasteiger charge is 2.10. The lowest BCUT2D eigenvalue weighted by Crippen LogP contribution is -2.17. The number of nitrogens with zero attached hydrogens (tertiary/aromatic N) is 2. The first kappa shape index (κ1) is 19.7. The molecule has 144 valence electrons. The first-order valence-corrected chi connectivity index (χ1v) is 9.38. The number of amides is 1. The van der Waals surface area contributed by atoms with E-state index >= 15 is 0 Å². The van der Waals surface area contributed by atoms with Gasteiger partial charge in [-0.25, -0.2) is 5.43 Å². The van der Waals surface area contributed by atoms with Crippen LogP contribution >= 0.6 is 11.6 Å². The van der Waals surface area contributed by atoms with E-state index in [9.17, 15) is 4.79 Å². The Kier molecular flexibility index (Phi) is 6.16. The largest absolute Gasteiger partial charge is 0.494 e. The lowest BCUT2D eigenvalue weighted by molar-refractivity contribution is 0.0955. The zero-order valence-corrected chi connectivity index (χ0v) is 16.8. The molecule has 0 aliphatic rings. The fourth-order valence-corrected chi connectivity index (χ4v) is 3.22. The third kappa shape index (κ3) is 4.43. The number of rotatable bonds is 6. The van der Waals surface area contributed by atoms with Gasteiger partial charge in [0, 0.05) is 33.2 Å². The van der Waals surface area contributed by atoms with Crippen LogP contribution in [-0.2, 0) is 0 Å². The second-order valence-corrected chi connectivity index (χ2v) is 6.73. The Hall–Kier alpha value is -3.05. The van der Waals surface area contributed by atoms with Crippen LogP contribution in [0, 0.1) is 13.8 Å². The van der Waals surface area contributed by atoms with Crippen LogP contribution in [0.4, 0.5) is 0 Å². The minimum Gasteiger partial charge on any atom is -0.494 e. The summed E-state index contributed by atoms with van der Waals surface area (Å²) in [7, 11) is 0. The van der Waals surface area contributed by atoms with Gasteiger partial charge in [0.2, 0.25) is 0 Å². The standard InChI is InChI=1S/C22H22ClN3O2/c1-4-28-21-10-8-20(9-11-21)26-15(2)12-18(16(26)3)14-24-25-22(27)17-6-5-7-19(23)13-17/h5-14H,4H2,1-3H3,(H,25,27)/b24-14-. The summed E-state index contributed by atoms with van der Waals surface area (Å²) < 4.78 is 7.64. The van der Waals surface area contributed by atoms with E-state index in [0.717, 1.165) is 28.4 Å². The van der Waals surface area contributed by atoms with E-state index in [4.69, 9.17) is 16.3 Å². The highest BCUT2D eigenvalue weighted by Crippen LogP contribution is 2.22. The average molecular weight is 396 g/mol. The molecule has 1 amide bonds. The van der Waals surface area contributed by atoms with Gasteiger partial charge in [0.05, 0.1) is 12.8 Å². The monoisotopic (exact) mass is 395 g/mol. The normalized spacial score (nSPS) is 11.0. The van der Waals surface area contributed by atoms with E-state index in [1.54, 1.807) is 30.5 Å². The Morgan fingerprint density at radius 2 is 1.93 bits per heavy atom. The summed E-state index contributed by atoms with van der Waals surface area (Å²) in [5.41, 5.74) is 7.08. The molecule has 3 aromatic rings. The van der Waals surface area contributed by atoms with Crippen molar-refractivity contribution in [1.82, 2.24) is 9.99 Å². The van der Waals surface area contributed by atoms with Crippen LogP contribution in [0.15, 0.2) is 59.7 Å². The number of aromatic nitrogens is 1. The molecule has 6 heteroatoms. The molecule has 0 saturated heterocycles. The quantitative estimate of drug-likeness (QED) is 0.476. The zero-order chi connectivity index (χ0) is 20.1. The van der Waals surface area contributed by atoms with Crippen molar-refractivity contribution in [1.29, 1.82) is 0 Å². The lowest BCUT2D eigenvalue weighted by atomic mass is 10.2. The van der Waals surface area contributed by atoms with Gasteiger partial charge in [-0.2, -0.15) is 5.10 Å². The molecule has 0 atom stereocenters. The second-order valence-electron chi connectivity index (χ2n) is 6.30. The van der Waals surface area contributed by atoms with Gasteiger partial charge < -0.3 is 9.30 Å². The predicted octanol–water partition coefficient (Wildman–Crippen LogP) is 4.91. The van der Waals surface area contributed by atoms with E-state index < -0.39 is 0 Å². The molecule has 0 aliphatic heterocycles. The molecule has 5 nitrogen and oxygen atoms in total. The Bertz CT molecular complexity index is 1010. The maximum Gasteiger partial charge on any atom is 0.271 e. The van der Waals surface area contributed by atoms with E-state index in [1.165, 1.54) is 0 Å². The molecule has 2 aromatic carbocycles. The van der Waals surface area contributed by atoms with Crippen molar-refractivity contribution < 1.29 is 9.53 Å². The van der Waals surface area contributed by atoms with Gasteiger partial charge in [0.15, 0.2) is 0 Å². The molecule has 0 saturated carbocycles. The highest BCUT2D eigenvalue weighted by atomic mass is 35.5. The lowest BCUT2D eigenvalue weighted by Gasteiger charge is -2.10. The SMILES string of the molecule is CCOc1ccc(-n2c(C)cc(/C=N\NC(=O)c3cccc(Cl)c3)c2C)cc1. The highest BCUT2D eigenvalue weighted by molar-refractivity contribution is 6.30. The summed E-state index contributed by atoms with van der Waals surface area (Å²) in [5.74, 6) is 0.540. The number of aryl methyl sites for hydroxylation is 1. The van der Waals surface area contributed by atoms with Crippen molar-refractivity contribution in [3.8, 4) is 11.4 Å². The van der Waals surface area contributed by atoms with Crippen LogP contribution in [0.1, 0.15) is 34.2 Å². The van der Waals surface area contributed by atoms with Gasteiger partial charge in [0.25, 0.3) is 5.91 Å². The molecule has 0 fully saturated rings. The summed E-state index contributed by atoms with van der Waals surface area (Å²) in [6.07, 6.45) is 1.65. The third-order valence-corrected chi connectivity index (χ3v) is 4.57. The molecule has 28 heavy (non-hydrogen) atoms. The molecule has 0 spiro atoms. The smallest absolute Gasteiger partial charge is 0.271 e. The molecular formula is C22H22ClN3O2. The number of carbonyl (C=O) groups is 1. The minimum atomic E-state index is -0.306. The first-order chi connectivity index (χ1) is 13.5. The van der Waals surface area contributed by atoms with Gasteiger partial charge >= 0.3 is 0 Å². The zero-order valence-electron chi connectivity index (χ0n) is 16.1. The molecule has 1 N–H and O–H groups in total. The summed E-state index contributed by atoms with van der Waals surface area (Å²) in [4.78, 5) is 12.2. The van der Waals surface area contributed by atoms with Gasteiger partial charge in [-0.1, -0.05) is 17.7 Å². The number of benzene rings is 2. The minimum absolute atomic E-state index is 0.306. The molecule has 0 unspecified atom stereocenters. The van der Waals surface area contributed by atoms with Gasteiger partial charge in [-0.3, -0.25) is 4.79 Å². The second kappa shape index (κ2) is 8.76. The molecule has 0 bridgehead atoms. The van der Waals surface area contributed by atoms with E-state index in [0.29, 0.717) is 17.2 Å². The topological polar surface area (TPSA) is 55.6 Å². The van der Waals surface area contributed by atoms with Gasteiger partial charge in [-0.05, 0) is 69.3 Å². The fourth-order valence-electron chi connectivity index (χ4n) is 3.03. The maximum absolute atomic E-state index is 12.2. The summed E-state index contributed by atoms with van der Waals surface area (Å²) >= 11 is 5.92. The number of carbonyl (C=O) groups excluding carboxylic acids is 1. The van der Waals surface area contributed by atoms with Gasteiger partial charge in [0.1, 0.15) is 5.75 Å². The van der Waals surface area contributed by atoms with E-state index in [-0.39, 0.29) is 5.91 Å². The molecule has 0 radical (unpaired) electrons. The van der Waals surface area contributed by atoms with Crippen LogP contribution in [0.2, 0.25) is 5.02 Å². The van der Waals surface area contributed by atoms with Crippen molar-refractivity contribution in [2.45, 2.75) is 20.8 Å². The van der Waals surface area contributed by atoms with Crippen LogP contribution in [0.25, 0.3) is 5.69 Å². The Balaban J connectivity index is 1.76. The van der Waals surface area contributed by atoms with Crippen molar-refractivity contribution in [2.24, 2.45) is 5.10 Å². The molecule has 1 heterocycles. The van der Waals surface area contributed by atoms with Gasteiger partial charge in [-0.15, -0.1) is 0 Å². The van der Waals surface area contributed by atoms with Crippen molar-refractivity contribution in [2.75, 3.05) is 6.61 Å². The number of ether oxygens (including phenoxy) is 1. The predicted molar refractivity (Wildman–Crippen MR) is 113 cm³/mol. The average Bonchev–Trinajstić information content (AvgIpc) is 2.96. The van der Waals surface area contributed by atoms with Crippen LogP contribution in [-0.4, -0.2) is 23.3 Å². The fraction of sp³-hybridized carbons (Fsp3) is 0.182. The van der Waals surface area contributed by atoms with Crippen LogP contribution in [0.5, 0.6) is 5.75 Å². The maximum atomic E-state index is 12.2. The summed E-state index contributed by atoms with van der Waals surface area (Å²) in [5, 5.41) is 4.60. The van der Waals surface area contributed by atoms with E-state index in [2.05, 4.69) is 15.1 Å². The number of hydrogen-bond acceptors (Lipinski definition) is 3.